The minimum Gasteiger partial charge on any atom is -0.481 e. The normalized spacial score (nSPS) is 12.4. The van der Waals surface area contributed by atoms with Gasteiger partial charge in [-0.05, 0) is 12.1 Å². The van der Waals surface area contributed by atoms with Crippen LogP contribution in [-0.2, 0) is 21.3 Å². The predicted octanol–water partition coefficient (Wildman–Crippen LogP) is 1.96. The van der Waals surface area contributed by atoms with Crippen LogP contribution in [0.5, 0.6) is 0 Å². The Hall–Kier alpha value is -1.75. The number of para-hydroxylation sites is 1. The Morgan fingerprint density at radius 2 is 2.00 bits per heavy atom. The topological polar surface area (TPSA) is 67.3 Å². The quantitative estimate of drug-likeness (QED) is 0.895. The van der Waals surface area contributed by atoms with Crippen molar-refractivity contribution in [2.24, 2.45) is 0 Å². The van der Waals surface area contributed by atoms with Gasteiger partial charge in [-0.15, -0.1) is 0 Å². The molecular formula is C13H13NO3S. The predicted molar refractivity (Wildman–Crippen MR) is 70.7 cm³/mol. The molecule has 94 valence electrons. The number of nitrogens with zero attached hydrogens (tertiary/aromatic N) is 1. The molecule has 1 heterocycles. The molecule has 0 saturated heterocycles. The summed E-state index contributed by atoms with van der Waals surface area (Å²) in [5.74, 6) is -0.447. The largest absolute Gasteiger partial charge is 0.481 e. The minimum absolute atomic E-state index is 0.0693. The van der Waals surface area contributed by atoms with E-state index in [1.807, 2.05) is 36.4 Å². The molecule has 1 unspecified atom stereocenters. The molecule has 18 heavy (non-hydrogen) atoms. The Bertz CT molecular complexity index is 598. The number of pyridine rings is 1. The van der Waals surface area contributed by atoms with Crippen molar-refractivity contribution in [3.05, 3.63) is 42.1 Å². The zero-order chi connectivity index (χ0) is 13.0. The first kappa shape index (κ1) is 12.7. The molecule has 1 aromatic carbocycles. The zero-order valence-electron chi connectivity index (χ0n) is 9.70. The van der Waals surface area contributed by atoms with Crippen LogP contribution in [0.1, 0.15) is 12.1 Å². The molecule has 0 radical (unpaired) electrons. The maximum absolute atomic E-state index is 11.7. The van der Waals surface area contributed by atoms with Crippen LogP contribution in [0.15, 0.2) is 36.4 Å². The highest BCUT2D eigenvalue weighted by atomic mass is 32.2. The van der Waals surface area contributed by atoms with Crippen molar-refractivity contribution in [2.45, 2.75) is 12.2 Å². The molecule has 5 heteroatoms. The standard InChI is InChI=1S/C13H13NO3S/c15-13(16)7-8-18(17)9-11-6-5-10-3-1-2-4-12(10)14-11/h1-6H,7-9H2,(H,15,16). The number of benzene rings is 1. The summed E-state index contributed by atoms with van der Waals surface area (Å²) in [6.45, 7) is 0. The van der Waals surface area contributed by atoms with Crippen molar-refractivity contribution < 1.29 is 14.1 Å². The zero-order valence-corrected chi connectivity index (χ0v) is 10.5. The van der Waals surface area contributed by atoms with Crippen LogP contribution >= 0.6 is 0 Å². The van der Waals surface area contributed by atoms with E-state index in [9.17, 15) is 9.00 Å². The van der Waals surface area contributed by atoms with Crippen LogP contribution < -0.4 is 0 Å². The van der Waals surface area contributed by atoms with Gasteiger partial charge in [-0.25, -0.2) is 0 Å². The molecule has 0 saturated carbocycles. The van der Waals surface area contributed by atoms with Crippen LogP contribution in [0.25, 0.3) is 10.9 Å². The molecule has 0 fully saturated rings. The van der Waals surface area contributed by atoms with Crippen molar-refractivity contribution in [1.29, 1.82) is 0 Å². The van der Waals surface area contributed by atoms with Gasteiger partial charge in [0.15, 0.2) is 0 Å². The second-order valence-corrected chi connectivity index (χ2v) is 5.50. The van der Waals surface area contributed by atoms with Crippen molar-refractivity contribution in [1.82, 2.24) is 4.98 Å². The maximum atomic E-state index is 11.7. The van der Waals surface area contributed by atoms with Gasteiger partial charge in [0.1, 0.15) is 0 Å². The number of carboxylic acid groups (broad SMARTS) is 1. The van der Waals surface area contributed by atoms with Crippen LogP contribution in [0, 0.1) is 0 Å². The molecule has 0 aliphatic carbocycles. The van der Waals surface area contributed by atoms with Gasteiger partial charge in [-0.2, -0.15) is 0 Å². The van der Waals surface area contributed by atoms with Crippen molar-refractivity contribution >= 4 is 27.7 Å². The lowest BCUT2D eigenvalue weighted by Gasteiger charge is -2.02. The first-order valence-electron chi connectivity index (χ1n) is 5.56. The molecule has 0 spiro atoms. The summed E-state index contributed by atoms with van der Waals surface area (Å²) in [5.41, 5.74) is 1.60. The molecule has 0 aliphatic heterocycles. The molecule has 1 atom stereocenters. The number of rotatable bonds is 5. The Morgan fingerprint density at radius 3 is 2.78 bits per heavy atom. The van der Waals surface area contributed by atoms with Gasteiger partial charge in [-0.3, -0.25) is 14.0 Å². The minimum atomic E-state index is -1.18. The highest BCUT2D eigenvalue weighted by molar-refractivity contribution is 7.84. The van der Waals surface area contributed by atoms with E-state index >= 15 is 0 Å². The van der Waals surface area contributed by atoms with E-state index in [1.54, 1.807) is 0 Å². The average Bonchev–Trinajstić information content (AvgIpc) is 2.36. The van der Waals surface area contributed by atoms with E-state index in [-0.39, 0.29) is 12.2 Å². The number of carbonyl (C=O) groups is 1. The van der Waals surface area contributed by atoms with Crippen LogP contribution in [0.4, 0.5) is 0 Å². The van der Waals surface area contributed by atoms with Crippen LogP contribution in [0.2, 0.25) is 0 Å². The summed E-state index contributed by atoms with van der Waals surface area (Å²) in [7, 11) is -1.18. The summed E-state index contributed by atoms with van der Waals surface area (Å²) in [5, 5.41) is 9.56. The van der Waals surface area contributed by atoms with Gasteiger partial charge in [-0.1, -0.05) is 24.3 Å². The van der Waals surface area contributed by atoms with E-state index in [0.717, 1.165) is 16.6 Å². The van der Waals surface area contributed by atoms with Crippen molar-refractivity contribution in [3.8, 4) is 0 Å². The Balaban J connectivity index is 2.07. The fraction of sp³-hybridized carbons (Fsp3) is 0.231. The van der Waals surface area contributed by atoms with Gasteiger partial charge in [0.2, 0.25) is 0 Å². The monoisotopic (exact) mass is 263 g/mol. The number of carboxylic acids is 1. The first-order valence-corrected chi connectivity index (χ1v) is 7.05. The van der Waals surface area contributed by atoms with Crippen LogP contribution in [-0.4, -0.2) is 26.0 Å². The summed E-state index contributed by atoms with van der Waals surface area (Å²) in [6, 6.07) is 11.5. The number of hydrogen-bond acceptors (Lipinski definition) is 3. The summed E-state index contributed by atoms with van der Waals surface area (Å²) < 4.78 is 11.7. The molecular weight excluding hydrogens is 250 g/mol. The number of hydrogen-bond donors (Lipinski definition) is 1. The van der Waals surface area contributed by atoms with Crippen LogP contribution in [0.3, 0.4) is 0 Å². The second kappa shape index (κ2) is 5.73. The third-order valence-corrected chi connectivity index (χ3v) is 3.79. The number of fused-ring (bicyclic) bond motifs is 1. The van der Waals surface area contributed by atoms with Gasteiger partial charge in [0.25, 0.3) is 0 Å². The lowest BCUT2D eigenvalue weighted by molar-refractivity contribution is -0.136. The second-order valence-electron chi connectivity index (χ2n) is 3.93. The highest BCUT2D eigenvalue weighted by Crippen LogP contribution is 2.12. The smallest absolute Gasteiger partial charge is 0.304 e. The Kier molecular flexibility index (Phi) is 4.04. The molecule has 4 nitrogen and oxygen atoms in total. The van der Waals surface area contributed by atoms with Gasteiger partial charge in [0, 0.05) is 21.9 Å². The van der Waals surface area contributed by atoms with Gasteiger partial charge < -0.3 is 5.11 Å². The fourth-order valence-corrected chi connectivity index (χ4v) is 2.66. The van der Waals surface area contributed by atoms with E-state index in [4.69, 9.17) is 5.11 Å². The lowest BCUT2D eigenvalue weighted by atomic mass is 10.2. The SMILES string of the molecule is O=C(O)CCS(=O)Cc1ccc2ccccc2n1. The summed E-state index contributed by atoms with van der Waals surface area (Å²) in [6.07, 6.45) is -0.0693. The number of aromatic nitrogens is 1. The maximum Gasteiger partial charge on any atom is 0.304 e. The van der Waals surface area contributed by atoms with Gasteiger partial charge in [0.05, 0.1) is 23.4 Å². The van der Waals surface area contributed by atoms with Crippen molar-refractivity contribution in [2.75, 3.05) is 5.75 Å². The van der Waals surface area contributed by atoms with E-state index in [0.29, 0.717) is 5.75 Å². The molecule has 0 aliphatic rings. The molecule has 2 aromatic rings. The highest BCUT2D eigenvalue weighted by Gasteiger charge is 2.06. The number of aliphatic carboxylic acids is 1. The van der Waals surface area contributed by atoms with E-state index in [1.165, 1.54) is 0 Å². The average molecular weight is 263 g/mol. The van der Waals surface area contributed by atoms with E-state index in [2.05, 4.69) is 4.98 Å². The Morgan fingerprint density at radius 1 is 1.22 bits per heavy atom. The van der Waals surface area contributed by atoms with Crippen molar-refractivity contribution in [3.63, 3.8) is 0 Å². The molecule has 0 bridgehead atoms. The summed E-state index contributed by atoms with van der Waals surface area (Å²) >= 11 is 0. The third kappa shape index (κ3) is 3.37. The summed E-state index contributed by atoms with van der Waals surface area (Å²) in [4.78, 5) is 14.8. The van der Waals surface area contributed by atoms with Gasteiger partial charge >= 0.3 is 5.97 Å². The molecule has 1 aromatic heterocycles. The molecule has 0 amide bonds. The molecule has 2 rings (SSSR count). The Labute approximate surface area is 107 Å². The molecule has 1 N–H and O–H groups in total. The third-order valence-electron chi connectivity index (χ3n) is 2.51. The fourth-order valence-electron chi connectivity index (χ4n) is 1.63. The lowest BCUT2D eigenvalue weighted by Crippen LogP contribution is -2.07. The van der Waals surface area contributed by atoms with E-state index < -0.39 is 16.8 Å². The first-order chi connectivity index (χ1) is 8.65.